The molecule has 1 fully saturated rings. The van der Waals surface area contributed by atoms with Crippen molar-refractivity contribution in [2.45, 2.75) is 64.5 Å². The van der Waals surface area contributed by atoms with Crippen LogP contribution >= 0.6 is 0 Å². The minimum absolute atomic E-state index is 0.0770. The topological polar surface area (TPSA) is 49.0 Å². The monoisotopic (exact) mass is 399 g/mol. The highest BCUT2D eigenvalue weighted by Crippen LogP contribution is 2.46. The first-order valence-electron chi connectivity index (χ1n) is 11.1. The van der Waals surface area contributed by atoms with E-state index in [1.54, 1.807) is 0 Å². The molecule has 154 valence electrons. The lowest BCUT2D eigenvalue weighted by Gasteiger charge is -2.32. The molecule has 5 rings (SSSR count). The van der Waals surface area contributed by atoms with Crippen LogP contribution in [0.5, 0.6) is 0 Å². The van der Waals surface area contributed by atoms with Gasteiger partial charge in [-0.1, -0.05) is 80.8 Å². The first-order chi connectivity index (χ1) is 14.5. The standard InChI is InChI=1S/C26H29N3O/c1-16(2)18-12-14-20(15-13-18)25-22-23(19-10-8-17(3)9-11-19)27-28-24(22)26(30)29(25)21-6-4-5-7-21/h8-16,21,25H,4-7H2,1-3H3,(H,27,28). The SMILES string of the molecule is Cc1ccc(-c2n[nH]c3c2C(c2ccc(C(C)C)cc2)N(C2CCCC2)C3=O)cc1. The van der Waals surface area contributed by atoms with E-state index in [2.05, 4.69) is 84.4 Å². The Bertz CT molecular complexity index is 1060. The van der Waals surface area contributed by atoms with E-state index < -0.39 is 0 Å². The molecule has 1 atom stereocenters. The minimum atomic E-state index is -0.0770. The number of benzene rings is 2. The van der Waals surface area contributed by atoms with Gasteiger partial charge in [0.1, 0.15) is 5.69 Å². The molecule has 3 aromatic rings. The Morgan fingerprint density at radius 3 is 2.30 bits per heavy atom. The quantitative estimate of drug-likeness (QED) is 0.585. The van der Waals surface area contributed by atoms with Crippen molar-refractivity contribution in [1.82, 2.24) is 15.1 Å². The maximum atomic E-state index is 13.5. The summed E-state index contributed by atoms with van der Waals surface area (Å²) in [5, 5.41) is 7.69. The van der Waals surface area contributed by atoms with Crippen molar-refractivity contribution in [3.63, 3.8) is 0 Å². The van der Waals surface area contributed by atoms with Gasteiger partial charge in [0.25, 0.3) is 5.91 Å². The summed E-state index contributed by atoms with van der Waals surface area (Å²) in [5.74, 6) is 0.587. The molecule has 4 heteroatoms. The van der Waals surface area contributed by atoms with Gasteiger partial charge in [-0.05, 0) is 36.8 Å². The molecule has 1 aromatic heterocycles. The number of aryl methyl sites for hydroxylation is 1. The molecule has 1 saturated carbocycles. The number of H-pyrrole nitrogens is 1. The summed E-state index contributed by atoms with van der Waals surface area (Å²) in [4.78, 5) is 15.6. The molecular formula is C26H29N3O. The number of amides is 1. The second-order valence-corrected chi connectivity index (χ2v) is 9.10. The van der Waals surface area contributed by atoms with Crippen LogP contribution < -0.4 is 0 Å². The van der Waals surface area contributed by atoms with E-state index in [1.807, 2.05) is 0 Å². The number of hydrogen-bond donors (Lipinski definition) is 1. The van der Waals surface area contributed by atoms with Crippen LogP contribution in [0.4, 0.5) is 0 Å². The van der Waals surface area contributed by atoms with Crippen LogP contribution in [0.2, 0.25) is 0 Å². The average molecular weight is 400 g/mol. The smallest absolute Gasteiger partial charge is 0.273 e. The number of hydrogen-bond acceptors (Lipinski definition) is 2. The molecule has 2 aliphatic rings. The number of carbonyl (C=O) groups excluding carboxylic acids is 1. The van der Waals surface area contributed by atoms with Crippen molar-refractivity contribution < 1.29 is 4.79 Å². The number of carbonyl (C=O) groups is 1. The number of aromatic nitrogens is 2. The van der Waals surface area contributed by atoms with E-state index in [0.29, 0.717) is 17.7 Å². The molecule has 1 unspecified atom stereocenters. The van der Waals surface area contributed by atoms with E-state index in [9.17, 15) is 4.79 Å². The van der Waals surface area contributed by atoms with Gasteiger partial charge in [-0.15, -0.1) is 0 Å². The van der Waals surface area contributed by atoms with Crippen molar-refractivity contribution in [2.75, 3.05) is 0 Å². The Hall–Kier alpha value is -2.88. The zero-order valence-corrected chi connectivity index (χ0v) is 18.0. The highest BCUT2D eigenvalue weighted by atomic mass is 16.2. The van der Waals surface area contributed by atoms with Crippen LogP contribution in [0.15, 0.2) is 48.5 Å². The minimum Gasteiger partial charge on any atom is -0.323 e. The summed E-state index contributed by atoms with van der Waals surface area (Å²) in [5.41, 5.74) is 7.37. The van der Waals surface area contributed by atoms with E-state index in [-0.39, 0.29) is 11.9 Å². The van der Waals surface area contributed by atoms with Gasteiger partial charge in [0.05, 0.1) is 11.7 Å². The zero-order chi connectivity index (χ0) is 20.8. The molecule has 0 saturated heterocycles. The Kier molecular flexibility index (Phi) is 4.73. The lowest BCUT2D eigenvalue weighted by molar-refractivity contribution is 0.0660. The fraction of sp³-hybridized carbons (Fsp3) is 0.385. The summed E-state index contributed by atoms with van der Waals surface area (Å²) in [6.07, 6.45) is 4.57. The maximum Gasteiger partial charge on any atom is 0.273 e. The third-order valence-corrected chi connectivity index (χ3v) is 6.77. The predicted molar refractivity (Wildman–Crippen MR) is 120 cm³/mol. The molecule has 30 heavy (non-hydrogen) atoms. The second-order valence-electron chi connectivity index (χ2n) is 9.10. The summed E-state index contributed by atoms with van der Waals surface area (Å²) in [6.45, 7) is 6.51. The number of fused-ring (bicyclic) bond motifs is 1. The van der Waals surface area contributed by atoms with Crippen molar-refractivity contribution in [2.24, 2.45) is 0 Å². The predicted octanol–water partition coefficient (Wildman–Crippen LogP) is 6.00. The van der Waals surface area contributed by atoms with E-state index >= 15 is 0 Å². The van der Waals surface area contributed by atoms with E-state index in [4.69, 9.17) is 0 Å². The molecule has 1 amide bonds. The number of nitrogens with one attached hydrogen (secondary N) is 1. The molecule has 1 aliphatic heterocycles. The van der Waals surface area contributed by atoms with E-state index in [1.165, 1.54) is 29.5 Å². The summed E-state index contributed by atoms with van der Waals surface area (Å²) in [6, 6.07) is 17.5. The van der Waals surface area contributed by atoms with Crippen LogP contribution in [0.25, 0.3) is 11.3 Å². The van der Waals surface area contributed by atoms with Crippen molar-refractivity contribution in [3.8, 4) is 11.3 Å². The van der Waals surface area contributed by atoms with Gasteiger partial charge in [0.15, 0.2) is 0 Å². The molecule has 4 nitrogen and oxygen atoms in total. The lowest BCUT2D eigenvalue weighted by atomic mass is 9.93. The Morgan fingerprint density at radius 2 is 1.67 bits per heavy atom. The molecular weight excluding hydrogens is 370 g/mol. The Labute approximate surface area is 178 Å². The fourth-order valence-corrected chi connectivity index (χ4v) is 5.05. The fourth-order valence-electron chi connectivity index (χ4n) is 5.05. The van der Waals surface area contributed by atoms with Gasteiger partial charge in [0.2, 0.25) is 0 Å². The van der Waals surface area contributed by atoms with Gasteiger partial charge in [0, 0.05) is 17.2 Å². The summed E-state index contributed by atoms with van der Waals surface area (Å²) >= 11 is 0. The molecule has 2 aromatic carbocycles. The van der Waals surface area contributed by atoms with Crippen molar-refractivity contribution in [1.29, 1.82) is 0 Å². The maximum absolute atomic E-state index is 13.5. The number of aromatic amines is 1. The molecule has 0 bridgehead atoms. The van der Waals surface area contributed by atoms with Crippen LogP contribution in [0.3, 0.4) is 0 Å². The molecule has 1 N–H and O–H groups in total. The first kappa shape index (κ1) is 19.1. The largest absolute Gasteiger partial charge is 0.323 e. The Balaban J connectivity index is 1.64. The third kappa shape index (κ3) is 3.06. The average Bonchev–Trinajstić information content (AvgIpc) is 3.47. The Morgan fingerprint density at radius 1 is 1.00 bits per heavy atom. The molecule has 0 radical (unpaired) electrons. The summed E-state index contributed by atoms with van der Waals surface area (Å²) in [7, 11) is 0. The summed E-state index contributed by atoms with van der Waals surface area (Å²) < 4.78 is 0. The zero-order valence-electron chi connectivity index (χ0n) is 18.0. The van der Waals surface area contributed by atoms with Gasteiger partial charge < -0.3 is 4.90 Å². The van der Waals surface area contributed by atoms with Crippen molar-refractivity contribution in [3.05, 3.63) is 76.5 Å². The highest BCUT2D eigenvalue weighted by Gasteiger charge is 2.45. The van der Waals surface area contributed by atoms with Gasteiger partial charge >= 0.3 is 0 Å². The van der Waals surface area contributed by atoms with Crippen LogP contribution in [0, 0.1) is 6.92 Å². The first-order valence-corrected chi connectivity index (χ1v) is 11.1. The number of rotatable bonds is 4. The molecule has 2 heterocycles. The van der Waals surface area contributed by atoms with Crippen LogP contribution in [-0.4, -0.2) is 27.0 Å². The third-order valence-electron chi connectivity index (χ3n) is 6.77. The normalized spacial score (nSPS) is 19.1. The van der Waals surface area contributed by atoms with Gasteiger partial charge in [-0.2, -0.15) is 5.10 Å². The van der Waals surface area contributed by atoms with Crippen LogP contribution in [0.1, 0.15) is 84.2 Å². The van der Waals surface area contributed by atoms with Crippen molar-refractivity contribution >= 4 is 5.91 Å². The van der Waals surface area contributed by atoms with E-state index in [0.717, 1.165) is 29.7 Å². The second kappa shape index (κ2) is 7.42. The molecule has 0 spiro atoms. The van der Waals surface area contributed by atoms with Gasteiger partial charge in [-0.3, -0.25) is 9.89 Å². The number of nitrogens with zero attached hydrogens (tertiary/aromatic N) is 2. The molecule has 1 aliphatic carbocycles. The highest BCUT2D eigenvalue weighted by molar-refractivity contribution is 6.00. The van der Waals surface area contributed by atoms with Crippen LogP contribution in [-0.2, 0) is 0 Å². The lowest BCUT2D eigenvalue weighted by Crippen LogP contribution is -2.37. The van der Waals surface area contributed by atoms with Gasteiger partial charge in [-0.25, -0.2) is 0 Å².